The number of aryl methyl sites for hydroxylation is 1. The van der Waals surface area contributed by atoms with Gasteiger partial charge in [-0.3, -0.25) is 0 Å². The average Bonchev–Trinajstić information content (AvgIpc) is 2.67. The second-order valence-corrected chi connectivity index (χ2v) is 7.19. The van der Waals surface area contributed by atoms with E-state index in [-0.39, 0.29) is 21.9 Å². The van der Waals surface area contributed by atoms with Gasteiger partial charge >= 0.3 is 0 Å². The Morgan fingerprint density at radius 2 is 1.52 bits per heavy atom. The zero-order valence-corrected chi connectivity index (χ0v) is 16.2. The third-order valence-electron chi connectivity index (χ3n) is 5.10. The van der Waals surface area contributed by atoms with E-state index < -0.39 is 28.8 Å². The molecule has 3 aromatic carbocycles. The van der Waals surface area contributed by atoms with Gasteiger partial charge in [0, 0.05) is 5.39 Å². The lowest BCUT2D eigenvalue weighted by Crippen LogP contribution is -1.96. The normalized spacial score (nSPS) is 11.0. The summed E-state index contributed by atoms with van der Waals surface area (Å²) < 4.78 is 57.5. The number of nitrogens with zero attached hydrogens (tertiary/aromatic N) is 1. The molecule has 0 saturated heterocycles. The molecule has 0 aromatic heterocycles. The minimum absolute atomic E-state index is 0.0243. The van der Waals surface area contributed by atoms with Crippen molar-refractivity contribution >= 4 is 10.8 Å². The quantitative estimate of drug-likeness (QED) is 0.299. The van der Waals surface area contributed by atoms with E-state index in [1.807, 2.05) is 0 Å². The van der Waals surface area contributed by atoms with Gasteiger partial charge in [0.05, 0.1) is 5.56 Å². The van der Waals surface area contributed by atoms with Gasteiger partial charge < -0.3 is 0 Å². The van der Waals surface area contributed by atoms with Crippen molar-refractivity contribution in [2.45, 2.75) is 45.4 Å². The van der Waals surface area contributed by atoms with E-state index in [2.05, 4.69) is 6.92 Å². The van der Waals surface area contributed by atoms with Crippen molar-refractivity contribution in [1.82, 2.24) is 0 Å². The maximum atomic E-state index is 14.7. The van der Waals surface area contributed by atoms with Crippen LogP contribution in [0.15, 0.2) is 36.4 Å². The van der Waals surface area contributed by atoms with Gasteiger partial charge in [-0.2, -0.15) is 5.26 Å². The molecular formula is C24H21F4N. The van der Waals surface area contributed by atoms with Crippen LogP contribution in [0.3, 0.4) is 0 Å². The lowest BCUT2D eigenvalue weighted by Gasteiger charge is -2.11. The number of hydrogen-bond acceptors (Lipinski definition) is 1. The number of hydrogen-bond donors (Lipinski definition) is 0. The maximum Gasteiger partial charge on any atom is 0.151 e. The zero-order chi connectivity index (χ0) is 21.0. The Kier molecular flexibility index (Phi) is 6.53. The van der Waals surface area contributed by atoms with Crippen molar-refractivity contribution in [3.05, 3.63) is 70.8 Å². The summed E-state index contributed by atoms with van der Waals surface area (Å²) in [5, 5.41) is 9.02. The van der Waals surface area contributed by atoms with Gasteiger partial charge in [0.25, 0.3) is 0 Å². The number of halogens is 4. The van der Waals surface area contributed by atoms with Crippen LogP contribution >= 0.6 is 0 Å². The molecule has 3 aromatic rings. The lowest BCUT2D eigenvalue weighted by molar-refractivity contribution is 0.581. The van der Waals surface area contributed by atoms with E-state index in [9.17, 15) is 17.6 Å². The molecule has 0 spiro atoms. The van der Waals surface area contributed by atoms with E-state index in [0.717, 1.165) is 38.2 Å². The molecule has 0 atom stereocenters. The fourth-order valence-corrected chi connectivity index (χ4v) is 3.57. The molecule has 29 heavy (non-hydrogen) atoms. The SMILES string of the molecule is CCCCCCCc1cc(F)c(-c2ccc3c(F)c(C#N)c(F)cc3c2)c(F)c1. The van der Waals surface area contributed by atoms with E-state index >= 15 is 0 Å². The molecule has 0 radical (unpaired) electrons. The van der Waals surface area contributed by atoms with Crippen LogP contribution in [0.2, 0.25) is 0 Å². The molecule has 0 aliphatic heterocycles. The highest BCUT2D eigenvalue weighted by atomic mass is 19.1. The van der Waals surface area contributed by atoms with Crippen LogP contribution < -0.4 is 0 Å². The summed E-state index contributed by atoms with van der Waals surface area (Å²) in [6, 6.07) is 9.13. The first kappa shape index (κ1) is 20.9. The molecular weight excluding hydrogens is 378 g/mol. The highest BCUT2D eigenvalue weighted by Crippen LogP contribution is 2.32. The highest BCUT2D eigenvalue weighted by molar-refractivity contribution is 5.89. The van der Waals surface area contributed by atoms with Gasteiger partial charge in [0.2, 0.25) is 0 Å². The summed E-state index contributed by atoms with van der Waals surface area (Å²) in [5.41, 5.74) is -0.125. The van der Waals surface area contributed by atoms with Gasteiger partial charge in [-0.15, -0.1) is 0 Å². The summed E-state index contributed by atoms with van der Waals surface area (Å²) in [6.45, 7) is 2.13. The summed E-state index contributed by atoms with van der Waals surface area (Å²) in [7, 11) is 0. The summed E-state index contributed by atoms with van der Waals surface area (Å²) in [6.07, 6.45) is 5.88. The molecule has 3 rings (SSSR count). The number of rotatable bonds is 7. The first-order valence-corrected chi connectivity index (χ1v) is 9.76. The van der Waals surface area contributed by atoms with Crippen molar-refractivity contribution in [3.63, 3.8) is 0 Å². The van der Waals surface area contributed by atoms with Crippen LogP contribution in [0, 0.1) is 34.6 Å². The monoisotopic (exact) mass is 399 g/mol. The van der Waals surface area contributed by atoms with Crippen molar-refractivity contribution in [1.29, 1.82) is 5.26 Å². The average molecular weight is 399 g/mol. The van der Waals surface area contributed by atoms with Crippen LogP contribution in [-0.2, 0) is 6.42 Å². The standard InChI is InChI=1S/C24H21F4N/c1-2-3-4-5-6-7-15-10-21(26)23(22(27)11-15)16-8-9-18-17(12-16)13-20(25)19(14-29)24(18)28/h8-13H,2-7H2,1H3. The second-order valence-electron chi connectivity index (χ2n) is 7.19. The molecule has 150 valence electrons. The van der Waals surface area contributed by atoms with Crippen LogP contribution in [0.1, 0.15) is 50.2 Å². The largest absolute Gasteiger partial charge is 0.206 e. The Morgan fingerprint density at radius 1 is 0.828 bits per heavy atom. The van der Waals surface area contributed by atoms with Gasteiger partial charge in [-0.25, -0.2) is 17.6 Å². The van der Waals surface area contributed by atoms with Gasteiger partial charge in [0.15, 0.2) is 5.82 Å². The predicted molar refractivity (Wildman–Crippen MR) is 106 cm³/mol. The molecule has 0 aliphatic carbocycles. The topological polar surface area (TPSA) is 23.8 Å². The predicted octanol–water partition coefficient (Wildman–Crippen LogP) is 7.45. The van der Waals surface area contributed by atoms with E-state index in [0.29, 0.717) is 12.0 Å². The summed E-state index contributed by atoms with van der Waals surface area (Å²) >= 11 is 0. The molecule has 0 amide bonds. The molecule has 1 nitrogen and oxygen atoms in total. The van der Waals surface area contributed by atoms with Crippen LogP contribution in [0.5, 0.6) is 0 Å². The Morgan fingerprint density at radius 3 is 2.17 bits per heavy atom. The van der Waals surface area contributed by atoms with Crippen LogP contribution in [0.4, 0.5) is 17.6 Å². The molecule has 0 aliphatic rings. The van der Waals surface area contributed by atoms with E-state index in [1.165, 1.54) is 36.4 Å². The Balaban J connectivity index is 1.92. The Labute approximate surface area is 167 Å². The smallest absolute Gasteiger partial charge is 0.151 e. The fraction of sp³-hybridized carbons (Fsp3) is 0.292. The molecule has 0 heterocycles. The van der Waals surface area contributed by atoms with E-state index in [1.54, 1.807) is 0 Å². The fourth-order valence-electron chi connectivity index (χ4n) is 3.57. The van der Waals surface area contributed by atoms with Crippen LogP contribution in [-0.4, -0.2) is 0 Å². The summed E-state index contributed by atoms with van der Waals surface area (Å²) in [5.74, 6) is -3.40. The number of benzene rings is 3. The zero-order valence-electron chi connectivity index (χ0n) is 16.2. The first-order chi connectivity index (χ1) is 14.0. The van der Waals surface area contributed by atoms with Crippen molar-refractivity contribution in [3.8, 4) is 17.2 Å². The van der Waals surface area contributed by atoms with Gasteiger partial charge in [0.1, 0.15) is 29.1 Å². The number of fused-ring (bicyclic) bond motifs is 1. The van der Waals surface area contributed by atoms with Gasteiger partial charge in [-0.1, -0.05) is 44.7 Å². The highest BCUT2D eigenvalue weighted by Gasteiger charge is 2.17. The lowest BCUT2D eigenvalue weighted by atomic mass is 9.96. The molecule has 0 unspecified atom stereocenters. The summed E-state index contributed by atoms with van der Waals surface area (Å²) in [4.78, 5) is 0. The van der Waals surface area contributed by atoms with Gasteiger partial charge in [-0.05, 0) is 53.6 Å². The Hall–Kier alpha value is -2.87. The molecule has 0 bridgehead atoms. The number of nitriles is 1. The second kappa shape index (κ2) is 9.09. The van der Waals surface area contributed by atoms with Crippen molar-refractivity contribution < 1.29 is 17.6 Å². The van der Waals surface area contributed by atoms with Crippen molar-refractivity contribution in [2.24, 2.45) is 0 Å². The first-order valence-electron chi connectivity index (χ1n) is 9.76. The molecule has 5 heteroatoms. The minimum atomic E-state index is -1.01. The third kappa shape index (κ3) is 4.42. The van der Waals surface area contributed by atoms with E-state index in [4.69, 9.17) is 5.26 Å². The van der Waals surface area contributed by atoms with Crippen LogP contribution in [0.25, 0.3) is 21.9 Å². The molecule has 0 saturated carbocycles. The molecule has 0 N–H and O–H groups in total. The maximum absolute atomic E-state index is 14.7. The third-order valence-corrected chi connectivity index (χ3v) is 5.10. The minimum Gasteiger partial charge on any atom is -0.206 e. The number of unbranched alkanes of at least 4 members (excludes halogenated alkanes) is 4. The van der Waals surface area contributed by atoms with Crippen molar-refractivity contribution in [2.75, 3.05) is 0 Å². The Bertz CT molecular complexity index is 1060. The molecule has 0 fully saturated rings.